The van der Waals surface area contributed by atoms with Crippen LogP contribution in [0.15, 0.2) is 65.9 Å². The van der Waals surface area contributed by atoms with Crippen LogP contribution >= 0.6 is 0 Å². The highest BCUT2D eigenvalue weighted by Crippen LogP contribution is 2.41. The van der Waals surface area contributed by atoms with Gasteiger partial charge < -0.3 is 14.4 Å². The van der Waals surface area contributed by atoms with Gasteiger partial charge in [-0.1, -0.05) is 63.1 Å². The van der Waals surface area contributed by atoms with E-state index in [0.29, 0.717) is 18.1 Å². The van der Waals surface area contributed by atoms with Crippen LogP contribution in [-0.4, -0.2) is 37.4 Å². The van der Waals surface area contributed by atoms with Crippen LogP contribution < -0.4 is 4.90 Å². The van der Waals surface area contributed by atoms with E-state index in [1.54, 1.807) is 6.21 Å². The Morgan fingerprint density at radius 1 is 1.17 bits per heavy atom. The second kappa shape index (κ2) is 11.9. The minimum absolute atomic E-state index is 0.229. The number of rotatable bonds is 11. The van der Waals surface area contributed by atoms with Gasteiger partial charge in [0.1, 0.15) is 6.61 Å². The molecule has 1 aliphatic heterocycles. The monoisotopic (exact) mass is 487 g/mol. The molecule has 0 N–H and O–H groups in total. The molecule has 0 atom stereocenters. The lowest BCUT2D eigenvalue weighted by Gasteiger charge is -2.34. The molecular formula is C30H37N3O3. The van der Waals surface area contributed by atoms with Crippen LogP contribution in [0.3, 0.4) is 0 Å². The highest BCUT2D eigenvalue weighted by molar-refractivity contribution is 6.01. The molecule has 0 amide bonds. The molecule has 0 saturated heterocycles. The molecule has 2 aliphatic rings. The largest absolute Gasteiger partial charge is 0.486 e. The van der Waals surface area contributed by atoms with Gasteiger partial charge in [0, 0.05) is 36.1 Å². The van der Waals surface area contributed by atoms with E-state index in [-0.39, 0.29) is 5.70 Å². The zero-order valence-corrected chi connectivity index (χ0v) is 21.7. The van der Waals surface area contributed by atoms with Crippen molar-refractivity contribution in [2.45, 2.75) is 52.6 Å². The molecular weight excluding hydrogens is 450 g/mol. The number of nitrogens with zero attached hydrogens (tertiary/aromatic N) is 3. The molecule has 0 spiro atoms. The van der Waals surface area contributed by atoms with Crippen LogP contribution in [0.25, 0.3) is 11.5 Å². The first-order valence-electron chi connectivity index (χ1n) is 12.9. The molecule has 0 bridgehead atoms. The van der Waals surface area contributed by atoms with Crippen LogP contribution in [0.4, 0.5) is 5.69 Å². The summed E-state index contributed by atoms with van der Waals surface area (Å²) in [6.07, 6.45) is 8.02. The summed E-state index contributed by atoms with van der Waals surface area (Å²) in [5, 5.41) is 6.00. The van der Waals surface area contributed by atoms with Crippen LogP contribution in [0.5, 0.6) is 0 Å². The topological polar surface area (TPSA) is 54.4 Å². The van der Waals surface area contributed by atoms with Crippen molar-refractivity contribution in [2.75, 3.05) is 25.1 Å². The predicted molar refractivity (Wildman–Crippen MR) is 146 cm³/mol. The van der Waals surface area contributed by atoms with Gasteiger partial charge in [0.25, 0.3) is 0 Å². The molecule has 4 rings (SSSR count). The molecule has 2 aromatic rings. The first-order valence-corrected chi connectivity index (χ1v) is 12.9. The highest BCUT2D eigenvalue weighted by Gasteiger charge is 2.35. The summed E-state index contributed by atoms with van der Waals surface area (Å²) < 4.78 is 11.4. The van der Waals surface area contributed by atoms with Gasteiger partial charge in [0.05, 0.1) is 12.8 Å². The number of ether oxygens (including phenoxy) is 2. The summed E-state index contributed by atoms with van der Waals surface area (Å²) in [5.74, 6) is 0.782. The van der Waals surface area contributed by atoms with Gasteiger partial charge in [-0.15, -0.1) is 0 Å². The third-order valence-electron chi connectivity index (χ3n) is 6.97. The van der Waals surface area contributed by atoms with Gasteiger partial charge in [-0.25, -0.2) is 9.80 Å². The van der Waals surface area contributed by atoms with Crippen molar-refractivity contribution < 1.29 is 14.3 Å². The van der Waals surface area contributed by atoms with Gasteiger partial charge >= 0.3 is 5.97 Å². The molecule has 0 unspecified atom stereocenters. The first-order chi connectivity index (χ1) is 17.6. The molecule has 1 fully saturated rings. The van der Waals surface area contributed by atoms with Crippen molar-refractivity contribution in [3.05, 3.63) is 77.5 Å². The Bertz CT molecular complexity index is 1140. The number of carbonyl (C=O) groups excluding carboxylic acids is 1. The Hall–Kier alpha value is -3.54. The minimum atomic E-state index is -0.521. The molecule has 0 radical (unpaired) electrons. The molecule has 190 valence electrons. The molecule has 0 aromatic heterocycles. The Morgan fingerprint density at radius 3 is 2.58 bits per heavy atom. The van der Waals surface area contributed by atoms with Crippen molar-refractivity contribution in [1.29, 1.82) is 0 Å². The third-order valence-corrected chi connectivity index (χ3v) is 6.97. The maximum Gasteiger partial charge on any atom is 0.360 e. The number of hydrogen-bond donors (Lipinski definition) is 0. The van der Waals surface area contributed by atoms with Crippen molar-refractivity contribution in [3.63, 3.8) is 0 Å². The van der Waals surface area contributed by atoms with Crippen molar-refractivity contribution in [3.8, 4) is 0 Å². The lowest BCUT2D eigenvalue weighted by molar-refractivity contribution is -0.137. The summed E-state index contributed by atoms with van der Waals surface area (Å²) >= 11 is 0. The standard InChI is InChI=1S/C30H37N3O3/c1-5-18-32(19-17-23-13-10-14-23)25-15-16-26-27(20-25)22(3)33(31-6-2)28(30(34)35-4)29(26)36-21-24-11-8-7-9-12-24/h6-9,11-12,15-16,20,23H,3,5,10,13-14,17-19,21H2,1-2,4H3/b31-6-. The number of methoxy groups -OCH3 is 1. The van der Waals surface area contributed by atoms with E-state index < -0.39 is 5.97 Å². The van der Waals surface area contributed by atoms with Gasteiger partial charge in [-0.05, 0) is 49.4 Å². The first kappa shape index (κ1) is 25.5. The third kappa shape index (κ3) is 5.48. The number of hydrazone groups is 1. The Labute approximate surface area is 214 Å². The number of esters is 1. The summed E-state index contributed by atoms with van der Waals surface area (Å²) in [6, 6.07) is 16.2. The van der Waals surface area contributed by atoms with Crippen LogP contribution in [0, 0.1) is 5.92 Å². The Kier molecular flexibility index (Phi) is 8.47. The number of anilines is 1. The Balaban J connectivity index is 1.74. The smallest absolute Gasteiger partial charge is 0.360 e. The van der Waals surface area contributed by atoms with Crippen molar-refractivity contribution in [1.82, 2.24) is 5.01 Å². The number of fused-ring (bicyclic) bond motifs is 1. The lowest BCUT2D eigenvalue weighted by Crippen LogP contribution is -2.30. The number of carbonyl (C=O) groups is 1. The molecule has 6 nitrogen and oxygen atoms in total. The molecule has 1 heterocycles. The highest BCUT2D eigenvalue weighted by atomic mass is 16.5. The van der Waals surface area contributed by atoms with Gasteiger partial charge in [0.15, 0.2) is 11.5 Å². The zero-order valence-electron chi connectivity index (χ0n) is 21.7. The lowest BCUT2D eigenvalue weighted by atomic mass is 9.83. The van der Waals surface area contributed by atoms with E-state index in [1.165, 1.54) is 37.8 Å². The van der Waals surface area contributed by atoms with Crippen molar-refractivity contribution >= 4 is 29.3 Å². The molecule has 36 heavy (non-hydrogen) atoms. The summed E-state index contributed by atoms with van der Waals surface area (Å²) in [4.78, 5) is 15.4. The fourth-order valence-corrected chi connectivity index (χ4v) is 4.79. The van der Waals surface area contributed by atoms with E-state index >= 15 is 0 Å². The average molecular weight is 488 g/mol. The summed E-state index contributed by atoms with van der Waals surface area (Å²) in [5.41, 5.74) is 4.73. The fraction of sp³-hybridized carbons (Fsp3) is 0.400. The normalized spacial score (nSPS) is 15.6. The molecule has 2 aromatic carbocycles. The van der Waals surface area contributed by atoms with Crippen LogP contribution in [0.2, 0.25) is 0 Å². The number of benzene rings is 2. The fourth-order valence-electron chi connectivity index (χ4n) is 4.79. The van der Waals surface area contributed by atoms with Crippen molar-refractivity contribution in [2.24, 2.45) is 11.0 Å². The summed E-state index contributed by atoms with van der Waals surface area (Å²) in [7, 11) is 1.37. The van der Waals surface area contributed by atoms with E-state index in [4.69, 9.17) is 9.47 Å². The van der Waals surface area contributed by atoms with Gasteiger partial charge in [-0.3, -0.25) is 0 Å². The van der Waals surface area contributed by atoms with Crippen LogP contribution in [-0.2, 0) is 20.9 Å². The second-order valence-corrected chi connectivity index (χ2v) is 9.38. The SMILES string of the molecule is C=C1c2cc(N(CCC)CCC3CCC3)ccc2C(OCc2ccccc2)=C(C(=O)OC)N1/N=C\C. The zero-order chi connectivity index (χ0) is 25.5. The molecule has 1 saturated carbocycles. The molecule has 6 heteroatoms. The Morgan fingerprint density at radius 2 is 1.94 bits per heavy atom. The van der Waals surface area contributed by atoms with Gasteiger partial charge in [-0.2, -0.15) is 5.10 Å². The number of hydrogen-bond acceptors (Lipinski definition) is 6. The second-order valence-electron chi connectivity index (χ2n) is 9.38. The maximum absolute atomic E-state index is 12.9. The van der Waals surface area contributed by atoms with E-state index in [9.17, 15) is 4.79 Å². The molecule has 1 aliphatic carbocycles. The summed E-state index contributed by atoms with van der Waals surface area (Å²) in [6.45, 7) is 10.7. The van der Waals surface area contributed by atoms with E-state index in [2.05, 4.69) is 35.6 Å². The van der Waals surface area contributed by atoms with Crippen LogP contribution in [0.1, 0.15) is 62.6 Å². The van der Waals surface area contributed by atoms with E-state index in [0.717, 1.165) is 47.8 Å². The van der Waals surface area contributed by atoms with E-state index in [1.807, 2.05) is 43.3 Å². The minimum Gasteiger partial charge on any atom is -0.486 e. The maximum atomic E-state index is 12.9. The quantitative estimate of drug-likeness (QED) is 0.270. The predicted octanol–water partition coefficient (Wildman–Crippen LogP) is 6.44. The van der Waals surface area contributed by atoms with Gasteiger partial charge in [0.2, 0.25) is 0 Å². The average Bonchev–Trinajstić information content (AvgIpc) is 2.88.